The molecule has 1 fully saturated rings. The first-order valence-corrected chi connectivity index (χ1v) is 4.67. The molecule has 1 aromatic heterocycles. The molecule has 1 aliphatic rings. The molecule has 0 bridgehead atoms. The lowest BCUT2D eigenvalue weighted by atomic mass is 10.2. The van der Waals surface area contributed by atoms with Crippen LogP contribution in [0.5, 0.6) is 0 Å². The van der Waals surface area contributed by atoms with Gasteiger partial charge in [0.15, 0.2) is 5.69 Å². The molecule has 1 saturated heterocycles. The number of aliphatic hydroxyl groups excluding tert-OH is 1. The SMILES string of the molecule is O=C(O)[C@H]1C[C@@H](O)CN1C(=O)c1cn[nH]n1. The summed E-state index contributed by atoms with van der Waals surface area (Å²) in [4.78, 5) is 23.8. The van der Waals surface area contributed by atoms with Crippen LogP contribution < -0.4 is 0 Å². The smallest absolute Gasteiger partial charge is 0.326 e. The molecule has 1 aromatic rings. The molecule has 0 radical (unpaired) electrons. The predicted molar refractivity (Wildman–Crippen MR) is 49.5 cm³/mol. The normalized spacial score (nSPS) is 24.7. The number of likely N-dealkylation sites (tertiary alicyclic amines) is 1. The van der Waals surface area contributed by atoms with E-state index in [9.17, 15) is 14.7 Å². The van der Waals surface area contributed by atoms with Gasteiger partial charge < -0.3 is 15.1 Å². The van der Waals surface area contributed by atoms with Gasteiger partial charge in [0.25, 0.3) is 5.91 Å². The number of rotatable bonds is 2. The lowest BCUT2D eigenvalue weighted by molar-refractivity contribution is -0.141. The number of β-amino-alcohol motifs (C(OH)–C–C–N with tert-alkyl or cyclic N) is 1. The number of H-pyrrole nitrogens is 1. The van der Waals surface area contributed by atoms with Crippen molar-refractivity contribution >= 4 is 11.9 Å². The van der Waals surface area contributed by atoms with Crippen molar-refractivity contribution in [2.45, 2.75) is 18.6 Å². The van der Waals surface area contributed by atoms with Crippen LogP contribution in [0.2, 0.25) is 0 Å². The molecule has 86 valence electrons. The maximum absolute atomic E-state index is 11.8. The van der Waals surface area contributed by atoms with Crippen LogP contribution in [0.25, 0.3) is 0 Å². The van der Waals surface area contributed by atoms with E-state index in [4.69, 9.17) is 5.11 Å². The van der Waals surface area contributed by atoms with Crippen LogP contribution >= 0.6 is 0 Å². The zero-order chi connectivity index (χ0) is 11.7. The highest BCUT2D eigenvalue weighted by Crippen LogP contribution is 2.19. The Kier molecular flexibility index (Phi) is 2.57. The first-order valence-electron chi connectivity index (χ1n) is 4.67. The van der Waals surface area contributed by atoms with E-state index >= 15 is 0 Å². The molecular formula is C8H10N4O4. The molecule has 3 N–H and O–H groups in total. The number of carbonyl (C=O) groups is 2. The highest BCUT2D eigenvalue weighted by Gasteiger charge is 2.39. The monoisotopic (exact) mass is 226 g/mol. The lowest BCUT2D eigenvalue weighted by Crippen LogP contribution is -2.40. The van der Waals surface area contributed by atoms with Crippen molar-refractivity contribution in [3.05, 3.63) is 11.9 Å². The molecule has 1 aliphatic heterocycles. The minimum absolute atomic E-state index is 0.00264. The Balaban J connectivity index is 2.20. The molecule has 2 rings (SSSR count). The summed E-state index contributed by atoms with van der Waals surface area (Å²) in [5.41, 5.74) is 0.0420. The van der Waals surface area contributed by atoms with Crippen LogP contribution in [0.1, 0.15) is 16.9 Å². The second-order valence-electron chi connectivity index (χ2n) is 3.56. The van der Waals surface area contributed by atoms with Crippen LogP contribution in [-0.4, -0.2) is 61.1 Å². The number of aliphatic carboxylic acids is 1. The van der Waals surface area contributed by atoms with Gasteiger partial charge in [0, 0.05) is 13.0 Å². The van der Waals surface area contributed by atoms with E-state index in [1.807, 2.05) is 0 Å². The van der Waals surface area contributed by atoms with Crippen LogP contribution in [0.15, 0.2) is 6.20 Å². The lowest BCUT2D eigenvalue weighted by Gasteiger charge is -2.19. The van der Waals surface area contributed by atoms with Gasteiger partial charge in [-0.2, -0.15) is 15.4 Å². The Hall–Kier alpha value is -1.96. The second kappa shape index (κ2) is 3.89. The number of aliphatic hydroxyl groups is 1. The Morgan fingerprint density at radius 1 is 1.56 bits per heavy atom. The summed E-state index contributed by atoms with van der Waals surface area (Å²) in [5.74, 6) is -1.67. The van der Waals surface area contributed by atoms with Gasteiger partial charge in [0.2, 0.25) is 0 Å². The van der Waals surface area contributed by atoms with Gasteiger partial charge in [0.05, 0.1) is 12.3 Å². The van der Waals surface area contributed by atoms with E-state index in [1.54, 1.807) is 0 Å². The highest BCUT2D eigenvalue weighted by atomic mass is 16.4. The number of nitrogens with zero attached hydrogens (tertiary/aromatic N) is 3. The van der Waals surface area contributed by atoms with Crippen molar-refractivity contribution in [1.82, 2.24) is 20.3 Å². The third-order valence-electron chi connectivity index (χ3n) is 2.46. The average molecular weight is 226 g/mol. The minimum Gasteiger partial charge on any atom is -0.480 e. The number of carboxylic acids is 1. The standard InChI is InChI=1S/C8H10N4O4/c13-4-1-6(8(15)16)12(3-4)7(14)5-2-9-11-10-5/h2,4,6,13H,1,3H2,(H,15,16)(H,9,10,11)/t4-,6-/m1/s1. The van der Waals surface area contributed by atoms with Crippen molar-refractivity contribution < 1.29 is 19.8 Å². The first kappa shape index (κ1) is 10.6. The summed E-state index contributed by atoms with van der Waals surface area (Å²) >= 11 is 0. The number of aromatic amines is 1. The second-order valence-corrected chi connectivity index (χ2v) is 3.56. The summed E-state index contributed by atoms with van der Waals surface area (Å²) in [5, 5.41) is 27.6. The fourth-order valence-corrected chi connectivity index (χ4v) is 1.72. The number of carboxylic acid groups (broad SMARTS) is 1. The average Bonchev–Trinajstić information content (AvgIpc) is 2.84. The summed E-state index contributed by atoms with van der Waals surface area (Å²) in [6.07, 6.45) is 0.446. The van der Waals surface area contributed by atoms with Crippen LogP contribution in [0.3, 0.4) is 0 Å². The van der Waals surface area contributed by atoms with Crippen LogP contribution in [0, 0.1) is 0 Å². The van der Waals surface area contributed by atoms with E-state index in [0.29, 0.717) is 0 Å². The number of hydrogen-bond donors (Lipinski definition) is 3. The summed E-state index contributed by atoms with van der Waals surface area (Å²) < 4.78 is 0. The third-order valence-corrected chi connectivity index (χ3v) is 2.46. The summed E-state index contributed by atoms with van der Waals surface area (Å²) in [7, 11) is 0. The maximum atomic E-state index is 11.8. The number of aromatic nitrogens is 3. The largest absolute Gasteiger partial charge is 0.480 e. The molecular weight excluding hydrogens is 216 g/mol. The van der Waals surface area contributed by atoms with E-state index in [1.165, 1.54) is 6.20 Å². The molecule has 2 atom stereocenters. The van der Waals surface area contributed by atoms with Crippen molar-refractivity contribution in [3.8, 4) is 0 Å². The molecule has 8 heteroatoms. The molecule has 2 heterocycles. The molecule has 16 heavy (non-hydrogen) atoms. The zero-order valence-electron chi connectivity index (χ0n) is 8.20. The number of hydrogen-bond acceptors (Lipinski definition) is 5. The third kappa shape index (κ3) is 1.74. The maximum Gasteiger partial charge on any atom is 0.326 e. The van der Waals surface area contributed by atoms with Gasteiger partial charge in [-0.1, -0.05) is 0 Å². The summed E-state index contributed by atoms with van der Waals surface area (Å²) in [6.45, 7) is 0.00264. The molecule has 0 unspecified atom stereocenters. The van der Waals surface area contributed by atoms with Crippen molar-refractivity contribution in [1.29, 1.82) is 0 Å². The van der Waals surface area contributed by atoms with Crippen molar-refractivity contribution in [2.24, 2.45) is 0 Å². The molecule has 0 saturated carbocycles. The fourth-order valence-electron chi connectivity index (χ4n) is 1.72. The van der Waals surface area contributed by atoms with Gasteiger partial charge in [-0.05, 0) is 0 Å². The van der Waals surface area contributed by atoms with Gasteiger partial charge in [-0.3, -0.25) is 4.79 Å². The zero-order valence-corrected chi connectivity index (χ0v) is 8.20. The van der Waals surface area contributed by atoms with E-state index in [0.717, 1.165) is 4.90 Å². The molecule has 8 nitrogen and oxygen atoms in total. The van der Waals surface area contributed by atoms with Gasteiger partial charge in [-0.25, -0.2) is 4.79 Å². The van der Waals surface area contributed by atoms with E-state index in [2.05, 4.69) is 15.4 Å². The van der Waals surface area contributed by atoms with Crippen LogP contribution in [0.4, 0.5) is 0 Å². The Labute approximate surface area is 89.9 Å². The first-order chi connectivity index (χ1) is 7.59. The molecule has 1 amide bonds. The van der Waals surface area contributed by atoms with Crippen molar-refractivity contribution in [2.75, 3.05) is 6.54 Å². The number of nitrogens with one attached hydrogen (secondary N) is 1. The fraction of sp³-hybridized carbons (Fsp3) is 0.500. The van der Waals surface area contributed by atoms with E-state index in [-0.39, 0.29) is 18.7 Å². The van der Waals surface area contributed by atoms with Gasteiger partial charge in [-0.15, -0.1) is 0 Å². The Bertz CT molecular complexity index is 404. The van der Waals surface area contributed by atoms with Crippen molar-refractivity contribution in [3.63, 3.8) is 0 Å². The van der Waals surface area contributed by atoms with Gasteiger partial charge >= 0.3 is 5.97 Å². The quantitative estimate of drug-likeness (QED) is 0.562. The number of amides is 1. The Morgan fingerprint density at radius 3 is 2.88 bits per heavy atom. The summed E-state index contributed by atoms with van der Waals surface area (Å²) in [6, 6.07) is -1.00. The predicted octanol–water partition coefficient (Wildman–Crippen LogP) is -1.54. The van der Waals surface area contributed by atoms with Gasteiger partial charge in [0.1, 0.15) is 6.04 Å². The molecule has 0 aliphatic carbocycles. The topological polar surface area (TPSA) is 119 Å². The minimum atomic E-state index is -1.13. The molecule has 0 aromatic carbocycles. The highest BCUT2D eigenvalue weighted by molar-refractivity contribution is 5.95. The van der Waals surface area contributed by atoms with E-state index < -0.39 is 24.0 Å². The number of carbonyl (C=O) groups excluding carboxylic acids is 1. The Morgan fingerprint density at radius 2 is 2.31 bits per heavy atom. The molecule has 0 spiro atoms. The van der Waals surface area contributed by atoms with Crippen LogP contribution in [-0.2, 0) is 4.79 Å².